The maximum atomic E-state index is 12.1. The van der Waals surface area contributed by atoms with Crippen LogP contribution < -0.4 is 0 Å². The molecule has 0 aromatic carbocycles. The zero-order chi connectivity index (χ0) is 11.5. The average Bonchev–Trinajstić information content (AvgIpc) is 2.28. The van der Waals surface area contributed by atoms with Crippen LogP contribution in [0.3, 0.4) is 0 Å². The Morgan fingerprint density at radius 3 is 3.12 bits per heavy atom. The third-order valence-electron chi connectivity index (χ3n) is 2.56. The van der Waals surface area contributed by atoms with Gasteiger partial charge in [0.15, 0.2) is 0 Å². The first kappa shape index (κ1) is 11.1. The lowest BCUT2D eigenvalue weighted by atomic mass is 10.1. The number of hydrogen-bond donors (Lipinski definition) is 0. The summed E-state index contributed by atoms with van der Waals surface area (Å²) in [5, 5.41) is 0.353. The summed E-state index contributed by atoms with van der Waals surface area (Å²) in [6, 6.07) is 3.30. The molecule has 1 aromatic heterocycles. The largest absolute Gasteiger partial charge is 0.334 e. The molecule has 1 atom stereocenters. The van der Waals surface area contributed by atoms with E-state index in [1.165, 1.54) is 0 Å². The molecule has 0 N–H and O–H groups in total. The molecule has 0 saturated carbocycles. The van der Waals surface area contributed by atoms with E-state index in [-0.39, 0.29) is 5.91 Å². The van der Waals surface area contributed by atoms with Gasteiger partial charge in [-0.1, -0.05) is 30.7 Å². The number of amides is 1. The highest BCUT2D eigenvalue weighted by molar-refractivity contribution is 6.29. The Balaban J connectivity index is 2.16. The van der Waals surface area contributed by atoms with Crippen molar-refractivity contribution in [2.45, 2.75) is 6.92 Å². The van der Waals surface area contributed by atoms with Crippen LogP contribution in [-0.4, -0.2) is 28.9 Å². The first-order chi connectivity index (χ1) is 7.66. The van der Waals surface area contributed by atoms with Gasteiger partial charge in [-0.25, -0.2) is 4.98 Å². The average molecular weight is 237 g/mol. The van der Waals surface area contributed by atoms with Gasteiger partial charge < -0.3 is 4.90 Å². The monoisotopic (exact) mass is 236 g/mol. The topological polar surface area (TPSA) is 33.2 Å². The van der Waals surface area contributed by atoms with Crippen molar-refractivity contribution in [2.75, 3.05) is 13.1 Å². The molecule has 0 saturated heterocycles. The van der Waals surface area contributed by atoms with Crippen molar-refractivity contribution in [1.29, 1.82) is 0 Å². The molecule has 3 nitrogen and oxygen atoms in total. The Labute approximate surface area is 99.7 Å². The summed E-state index contributed by atoms with van der Waals surface area (Å²) in [5.41, 5.74) is 0.600. The molecular formula is C12H13ClN2O. The molecule has 0 radical (unpaired) electrons. The predicted octanol–water partition coefficient (Wildman–Crippen LogP) is 2.38. The summed E-state index contributed by atoms with van der Waals surface area (Å²) >= 11 is 5.76. The summed E-state index contributed by atoms with van der Waals surface area (Å²) in [5.74, 6) is 0.426. The minimum absolute atomic E-state index is 0.0144. The second-order valence-electron chi connectivity index (χ2n) is 3.98. The van der Waals surface area contributed by atoms with Gasteiger partial charge in [-0.2, -0.15) is 0 Å². The van der Waals surface area contributed by atoms with Crippen molar-refractivity contribution in [3.63, 3.8) is 0 Å². The number of halogens is 1. The van der Waals surface area contributed by atoms with Crippen LogP contribution in [0.15, 0.2) is 30.5 Å². The lowest BCUT2D eigenvalue weighted by Gasteiger charge is -2.27. The molecule has 4 heteroatoms. The van der Waals surface area contributed by atoms with Gasteiger partial charge in [0.2, 0.25) is 0 Å². The molecule has 0 fully saturated rings. The van der Waals surface area contributed by atoms with Crippen LogP contribution in [-0.2, 0) is 0 Å². The van der Waals surface area contributed by atoms with E-state index in [1.807, 2.05) is 11.0 Å². The van der Waals surface area contributed by atoms with Gasteiger partial charge in [0.25, 0.3) is 5.91 Å². The van der Waals surface area contributed by atoms with Crippen molar-refractivity contribution in [1.82, 2.24) is 9.88 Å². The highest BCUT2D eigenvalue weighted by atomic mass is 35.5. The van der Waals surface area contributed by atoms with E-state index in [9.17, 15) is 4.79 Å². The van der Waals surface area contributed by atoms with E-state index < -0.39 is 0 Å². The molecular weight excluding hydrogens is 224 g/mol. The summed E-state index contributed by atoms with van der Waals surface area (Å²) in [4.78, 5) is 17.8. The maximum Gasteiger partial charge on any atom is 0.254 e. The van der Waals surface area contributed by atoms with Crippen LogP contribution in [0.4, 0.5) is 0 Å². The molecule has 2 rings (SSSR count). The van der Waals surface area contributed by atoms with Crippen LogP contribution >= 0.6 is 11.6 Å². The predicted molar refractivity (Wildman–Crippen MR) is 63.5 cm³/mol. The minimum atomic E-state index is 0.0144. The number of rotatable bonds is 1. The molecule has 0 bridgehead atoms. The fourth-order valence-electron chi connectivity index (χ4n) is 1.79. The minimum Gasteiger partial charge on any atom is -0.334 e. The number of hydrogen-bond acceptors (Lipinski definition) is 2. The summed E-state index contributed by atoms with van der Waals surface area (Å²) < 4.78 is 0. The highest BCUT2D eigenvalue weighted by Gasteiger charge is 2.19. The van der Waals surface area contributed by atoms with Gasteiger partial charge in [-0.15, -0.1) is 0 Å². The fraction of sp³-hybridized carbons (Fsp3) is 0.333. The first-order valence-electron chi connectivity index (χ1n) is 5.24. The number of aromatic nitrogens is 1. The zero-order valence-corrected chi connectivity index (χ0v) is 9.81. The Bertz CT molecular complexity index is 431. The molecule has 1 aliphatic heterocycles. The molecule has 0 aliphatic carbocycles. The van der Waals surface area contributed by atoms with Crippen molar-refractivity contribution in [2.24, 2.45) is 5.92 Å². The number of carbonyl (C=O) groups excluding carboxylic acids is 1. The molecule has 0 spiro atoms. The Kier molecular flexibility index (Phi) is 3.25. The SMILES string of the molecule is CC1C=CCN(C(=O)c2ccnc(Cl)c2)C1. The summed E-state index contributed by atoms with van der Waals surface area (Å²) in [6.07, 6.45) is 5.71. The van der Waals surface area contributed by atoms with Crippen LogP contribution in [0.1, 0.15) is 17.3 Å². The number of carbonyl (C=O) groups is 1. The van der Waals surface area contributed by atoms with E-state index in [0.717, 1.165) is 6.54 Å². The zero-order valence-electron chi connectivity index (χ0n) is 9.06. The van der Waals surface area contributed by atoms with E-state index in [1.54, 1.807) is 18.3 Å². The lowest BCUT2D eigenvalue weighted by Crippen LogP contribution is -2.36. The van der Waals surface area contributed by atoms with Crippen molar-refractivity contribution < 1.29 is 4.79 Å². The first-order valence-corrected chi connectivity index (χ1v) is 5.62. The van der Waals surface area contributed by atoms with Gasteiger partial charge in [0.05, 0.1) is 0 Å². The fourth-order valence-corrected chi connectivity index (χ4v) is 1.96. The van der Waals surface area contributed by atoms with Gasteiger partial charge in [-0.05, 0) is 18.1 Å². The standard InChI is InChI=1S/C12H13ClN2O/c1-9-3-2-6-15(8-9)12(16)10-4-5-14-11(13)7-10/h2-5,7,9H,6,8H2,1H3. The Morgan fingerprint density at radius 1 is 1.62 bits per heavy atom. The van der Waals surface area contributed by atoms with Gasteiger partial charge in [-0.3, -0.25) is 4.79 Å². The molecule has 16 heavy (non-hydrogen) atoms. The van der Waals surface area contributed by atoms with Gasteiger partial charge in [0, 0.05) is 24.8 Å². The van der Waals surface area contributed by atoms with Gasteiger partial charge in [0.1, 0.15) is 5.15 Å². The summed E-state index contributed by atoms with van der Waals surface area (Å²) in [6.45, 7) is 3.52. The summed E-state index contributed by atoms with van der Waals surface area (Å²) in [7, 11) is 0. The van der Waals surface area contributed by atoms with E-state index in [2.05, 4.69) is 18.0 Å². The molecule has 1 aromatic rings. The van der Waals surface area contributed by atoms with E-state index >= 15 is 0 Å². The second kappa shape index (κ2) is 4.66. The Hall–Kier alpha value is -1.35. The molecule has 2 heterocycles. The second-order valence-corrected chi connectivity index (χ2v) is 4.37. The van der Waals surface area contributed by atoms with Crippen LogP contribution in [0.5, 0.6) is 0 Å². The van der Waals surface area contributed by atoms with Crippen molar-refractivity contribution in [3.05, 3.63) is 41.2 Å². The Morgan fingerprint density at radius 2 is 2.44 bits per heavy atom. The van der Waals surface area contributed by atoms with Crippen LogP contribution in [0.25, 0.3) is 0 Å². The van der Waals surface area contributed by atoms with Crippen molar-refractivity contribution >= 4 is 17.5 Å². The quantitative estimate of drug-likeness (QED) is 0.554. The number of pyridine rings is 1. The third-order valence-corrected chi connectivity index (χ3v) is 2.77. The molecule has 1 unspecified atom stereocenters. The normalized spacial score (nSPS) is 19.9. The number of nitrogens with zero attached hydrogens (tertiary/aromatic N) is 2. The molecule has 1 aliphatic rings. The van der Waals surface area contributed by atoms with Crippen LogP contribution in [0, 0.1) is 5.92 Å². The van der Waals surface area contributed by atoms with Crippen LogP contribution in [0.2, 0.25) is 5.15 Å². The third kappa shape index (κ3) is 2.42. The van der Waals surface area contributed by atoms with E-state index in [4.69, 9.17) is 11.6 Å². The smallest absolute Gasteiger partial charge is 0.254 e. The highest BCUT2D eigenvalue weighted by Crippen LogP contribution is 2.14. The van der Waals surface area contributed by atoms with Crippen molar-refractivity contribution in [3.8, 4) is 0 Å². The maximum absolute atomic E-state index is 12.1. The molecule has 1 amide bonds. The van der Waals surface area contributed by atoms with E-state index in [0.29, 0.717) is 23.2 Å². The lowest BCUT2D eigenvalue weighted by molar-refractivity contribution is 0.0753. The van der Waals surface area contributed by atoms with Gasteiger partial charge >= 0.3 is 0 Å². The molecule has 84 valence electrons.